The van der Waals surface area contributed by atoms with Gasteiger partial charge in [-0.05, 0) is 12.5 Å². The second kappa shape index (κ2) is 6.40. The number of carboxylic acid groups (broad SMARTS) is 1. The van der Waals surface area contributed by atoms with Crippen molar-refractivity contribution < 1.29 is 14.6 Å². The lowest BCUT2D eigenvalue weighted by Crippen LogP contribution is -2.14. The van der Waals surface area contributed by atoms with Crippen molar-refractivity contribution in [1.82, 2.24) is 0 Å². The van der Waals surface area contributed by atoms with Gasteiger partial charge in [-0.1, -0.05) is 30.3 Å². The van der Waals surface area contributed by atoms with E-state index in [2.05, 4.69) is 0 Å². The SMILES string of the molecule is CCOC(C(=O)O)c1ccccc1.Cl. The van der Waals surface area contributed by atoms with E-state index in [4.69, 9.17) is 9.84 Å². The van der Waals surface area contributed by atoms with Gasteiger partial charge in [0.1, 0.15) is 0 Å². The highest BCUT2D eigenvalue weighted by Crippen LogP contribution is 2.16. The van der Waals surface area contributed by atoms with Gasteiger partial charge in [0.2, 0.25) is 0 Å². The molecule has 0 aliphatic rings. The van der Waals surface area contributed by atoms with E-state index in [9.17, 15) is 4.79 Å². The maximum atomic E-state index is 10.8. The normalized spacial score (nSPS) is 11.5. The van der Waals surface area contributed by atoms with Gasteiger partial charge in [-0.2, -0.15) is 0 Å². The molecular formula is C10H13ClO3. The minimum atomic E-state index is -0.951. The number of carboxylic acids is 1. The first-order valence-electron chi connectivity index (χ1n) is 4.15. The molecule has 1 atom stereocenters. The van der Waals surface area contributed by atoms with Crippen LogP contribution < -0.4 is 0 Å². The first-order chi connectivity index (χ1) is 6.25. The number of ether oxygens (including phenoxy) is 1. The Morgan fingerprint density at radius 1 is 1.43 bits per heavy atom. The molecule has 0 bridgehead atoms. The van der Waals surface area contributed by atoms with E-state index in [1.807, 2.05) is 6.07 Å². The number of hydrogen-bond acceptors (Lipinski definition) is 2. The summed E-state index contributed by atoms with van der Waals surface area (Å²) in [5.74, 6) is -0.951. The van der Waals surface area contributed by atoms with Crippen molar-refractivity contribution in [2.75, 3.05) is 6.61 Å². The van der Waals surface area contributed by atoms with E-state index in [-0.39, 0.29) is 12.4 Å². The summed E-state index contributed by atoms with van der Waals surface area (Å²) < 4.78 is 5.09. The second-order valence-corrected chi connectivity index (χ2v) is 2.58. The van der Waals surface area contributed by atoms with Crippen LogP contribution in [-0.2, 0) is 9.53 Å². The van der Waals surface area contributed by atoms with Gasteiger partial charge in [-0.25, -0.2) is 4.79 Å². The predicted octanol–water partition coefficient (Wildman–Crippen LogP) is 2.27. The average molecular weight is 217 g/mol. The molecule has 1 aromatic rings. The van der Waals surface area contributed by atoms with Crippen molar-refractivity contribution in [1.29, 1.82) is 0 Å². The monoisotopic (exact) mass is 216 g/mol. The maximum Gasteiger partial charge on any atom is 0.337 e. The fraction of sp³-hybridized carbons (Fsp3) is 0.300. The van der Waals surface area contributed by atoms with Gasteiger partial charge >= 0.3 is 5.97 Å². The number of halogens is 1. The van der Waals surface area contributed by atoms with Crippen LogP contribution >= 0.6 is 12.4 Å². The van der Waals surface area contributed by atoms with Gasteiger partial charge < -0.3 is 9.84 Å². The molecular weight excluding hydrogens is 204 g/mol. The summed E-state index contributed by atoms with van der Waals surface area (Å²) in [6.45, 7) is 2.17. The van der Waals surface area contributed by atoms with Gasteiger partial charge in [-0.15, -0.1) is 12.4 Å². The molecule has 1 N–H and O–H groups in total. The molecule has 0 heterocycles. The van der Waals surface area contributed by atoms with E-state index < -0.39 is 12.1 Å². The highest BCUT2D eigenvalue weighted by atomic mass is 35.5. The minimum absolute atomic E-state index is 0. The summed E-state index contributed by atoms with van der Waals surface area (Å²) in [6, 6.07) is 8.92. The molecule has 3 nitrogen and oxygen atoms in total. The Morgan fingerprint density at radius 3 is 2.43 bits per heavy atom. The molecule has 0 aromatic heterocycles. The fourth-order valence-corrected chi connectivity index (χ4v) is 1.10. The summed E-state index contributed by atoms with van der Waals surface area (Å²) in [5.41, 5.74) is 0.678. The van der Waals surface area contributed by atoms with E-state index in [1.165, 1.54) is 0 Å². The Morgan fingerprint density at radius 2 is 2.00 bits per heavy atom. The van der Waals surface area contributed by atoms with Crippen LogP contribution in [0.25, 0.3) is 0 Å². The maximum absolute atomic E-state index is 10.8. The van der Waals surface area contributed by atoms with Crippen molar-refractivity contribution in [3.05, 3.63) is 35.9 Å². The molecule has 1 rings (SSSR count). The van der Waals surface area contributed by atoms with Crippen LogP contribution in [0.1, 0.15) is 18.6 Å². The fourth-order valence-electron chi connectivity index (χ4n) is 1.10. The third-order valence-corrected chi connectivity index (χ3v) is 1.66. The van der Waals surface area contributed by atoms with Gasteiger partial charge in [0.15, 0.2) is 6.10 Å². The lowest BCUT2D eigenvalue weighted by Gasteiger charge is -2.11. The average Bonchev–Trinajstić information content (AvgIpc) is 2.15. The summed E-state index contributed by atoms with van der Waals surface area (Å²) in [7, 11) is 0. The van der Waals surface area contributed by atoms with E-state index in [1.54, 1.807) is 31.2 Å². The van der Waals surface area contributed by atoms with Gasteiger partial charge in [0, 0.05) is 6.61 Å². The smallest absolute Gasteiger partial charge is 0.337 e. The quantitative estimate of drug-likeness (QED) is 0.840. The van der Waals surface area contributed by atoms with Crippen LogP contribution in [-0.4, -0.2) is 17.7 Å². The Labute approximate surface area is 89.1 Å². The van der Waals surface area contributed by atoms with Crippen molar-refractivity contribution in [3.8, 4) is 0 Å². The van der Waals surface area contributed by atoms with Crippen molar-refractivity contribution in [3.63, 3.8) is 0 Å². The highest BCUT2D eigenvalue weighted by molar-refractivity contribution is 5.85. The minimum Gasteiger partial charge on any atom is -0.479 e. The molecule has 1 aromatic carbocycles. The lowest BCUT2D eigenvalue weighted by molar-refractivity contribution is -0.150. The number of aliphatic carboxylic acids is 1. The number of carbonyl (C=O) groups is 1. The molecule has 0 aliphatic heterocycles. The molecule has 14 heavy (non-hydrogen) atoms. The number of benzene rings is 1. The summed E-state index contributed by atoms with van der Waals surface area (Å²) >= 11 is 0. The third kappa shape index (κ3) is 3.36. The molecule has 0 radical (unpaired) electrons. The van der Waals surface area contributed by atoms with Gasteiger partial charge in [0.05, 0.1) is 0 Å². The van der Waals surface area contributed by atoms with Crippen molar-refractivity contribution >= 4 is 18.4 Å². The molecule has 0 aliphatic carbocycles. The van der Waals surface area contributed by atoms with E-state index in [0.717, 1.165) is 0 Å². The van der Waals surface area contributed by atoms with Crippen LogP contribution in [0.2, 0.25) is 0 Å². The second-order valence-electron chi connectivity index (χ2n) is 2.58. The Hall–Kier alpha value is -1.06. The zero-order chi connectivity index (χ0) is 9.68. The Kier molecular flexibility index (Phi) is 5.92. The summed E-state index contributed by atoms with van der Waals surface area (Å²) in [5, 5.41) is 8.83. The van der Waals surface area contributed by atoms with E-state index in [0.29, 0.717) is 12.2 Å². The van der Waals surface area contributed by atoms with Crippen LogP contribution in [0.3, 0.4) is 0 Å². The van der Waals surface area contributed by atoms with Crippen LogP contribution in [0.15, 0.2) is 30.3 Å². The Balaban J connectivity index is 0.00000169. The molecule has 4 heteroatoms. The molecule has 0 fully saturated rings. The van der Waals surface area contributed by atoms with Gasteiger partial charge in [-0.3, -0.25) is 0 Å². The summed E-state index contributed by atoms with van der Waals surface area (Å²) in [4.78, 5) is 10.8. The van der Waals surface area contributed by atoms with Crippen molar-refractivity contribution in [2.24, 2.45) is 0 Å². The van der Waals surface area contributed by atoms with Crippen LogP contribution in [0.5, 0.6) is 0 Å². The lowest BCUT2D eigenvalue weighted by atomic mass is 10.1. The zero-order valence-electron chi connectivity index (χ0n) is 7.84. The zero-order valence-corrected chi connectivity index (χ0v) is 8.66. The first-order valence-corrected chi connectivity index (χ1v) is 4.15. The highest BCUT2D eigenvalue weighted by Gasteiger charge is 2.18. The van der Waals surface area contributed by atoms with Crippen LogP contribution in [0, 0.1) is 0 Å². The molecule has 0 saturated carbocycles. The largest absolute Gasteiger partial charge is 0.479 e. The van der Waals surface area contributed by atoms with Crippen LogP contribution in [0.4, 0.5) is 0 Å². The topological polar surface area (TPSA) is 46.5 Å². The summed E-state index contributed by atoms with van der Waals surface area (Å²) in [6.07, 6.45) is -0.841. The molecule has 78 valence electrons. The van der Waals surface area contributed by atoms with Crippen molar-refractivity contribution in [2.45, 2.75) is 13.0 Å². The molecule has 1 unspecified atom stereocenters. The third-order valence-electron chi connectivity index (χ3n) is 1.66. The first kappa shape index (κ1) is 12.9. The standard InChI is InChI=1S/C10H12O3.ClH/c1-2-13-9(10(11)12)8-6-4-3-5-7-8;/h3-7,9H,2H2,1H3,(H,11,12);1H. The predicted molar refractivity (Wildman–Crippen MR) is 55.7 cm³/mol. The molecule has 0 amide bonds. The van der Waals surface area contributed by atoms with E-state index >= 15 is 0 Å². The Bertz CT molecular complexity index is 274. The number of hydrogen-bond donors (Lipinski definition) is 1. The molecule has 0 saturated heterocycles. The molecule has 0 spiro atoms. The number of rotatable bonds is 4. The van der Waals surface area contributed by atoms with Gasteiger partial charge in [0.25, 0.3) is 0 Å².